The average Bonchev–Trinajstić information content (AvgIpc) is 3.05. The van der Waals surface area contributed by atoms with Crippen LogP contribution in [-0.2, 0) is 16.0 Å². The molecule has 1 heterocycles. The molecule has 2 N–H and O–H groups in total. The Morgan fingerprint density at radius 3 is 2.64 bits per heavy atom. The van der Waals surface area contributed by atoms with Gasteiger partial charge in [0, 0.05) is 18.5 Å². The minimum Gasteiger partial charge on any atom is -0.480 e. The van der Waals surface area contributed by atoms with Crippen LogP contribution in [0, 0.1) is 0 Å². The topological polar surface area (TPSA) is 69.6 Å². The summed E-state index contributed by atoms with van der Waals surface area (Å²) >= 11 is 0. The van der Waals surface area contributed by atoms with Crippen molar-refractivity contribution in [1.29, 1.82) is 0 Å². The Kier molecular flexibility index (Phi) is 5.44. The molecule has 2 aliphatic rings. The van der Waals surface area contributed by atoms with E-state index >= 15 is 0 Å². The number of fused-ring (bicyclic) bond motifs is 1. The van der Waals surface area contributed by atoms with E-state index in [1.54, 1.807) is 0 Å². The number of rotatable bonds is 6. The maximum absolute atomic E-state index is 12.7. The molecule has 28 heavy (non-hydrogen) atoms. The molecule has 2 aromatic rings. The van der Waals surface area contributed by atoms with Crippen molar-refractivity contribution in [2.24, 2.45) is 0 Å². The summed E-state index contributed by atoms with van der Waals surface area (Å²) in [5, 5.41) is 12.6. The van der Waals surface area contributed by atoms with Gasteiger partial charge in [0.05, 0.1) is 6.04 Å². The van der Waals surface area contributed by atoms with Crippen LogP contribution in [0.5, 0.6) is 0 Å². The molecule has 3 atom stereocenters. The van der Waals surface area contributed by atoms with E-state index in [2.05, 4.69) is 41.7 Å². The molecule has 1 saturated heterocycles. The number of nitrogens with zero attached hydrogens (tertiary/aromatic N) is 1. The zero-order valence-electron chi connectivity index (χ0n) is 15.9. The number of carboxylic acids is 1. The third kappa shape index (κ3) is 3.80. The summed E-state index contributed by atoms with van der Waals surface area (Å²) in [4.78, 5) is 25.2. The molecule has 1 aliphatic heterocycles. The Morgan fingerprint density at radius 2 is 1.86 bits per heavy atom. The van der Waals surface area contributed by atoms with E-state index in [0.29, 0.717) is 18.9 Å². The van der Waals surface area contributed by atoms with Gasteiger partial charge in [-0.2, -0.15) is 0 Å². The van der Waals surface area contributed by atoms with E-state index in [9.17, 15) is 9.59 Å². The second-order valence-corrected chi connectivity index (χ2v) is 7.75. The molecule has 1 aliphatic carbocycles. The van der Waals surface area contributed by atoms with E-state index in [4.69, 9.17) is 5.11 Å². The third-order valence-corrected chi connectivity index (χ3v) is 5.98. The fourth-order valence-electron chi connectivity index (χ4n) is 4.67. The number of aryl methyl sites for hydroxylation is 1. The molecular formula is C23H26N2O3. The lowest BCUT2D eigenvalue weighted by Gasteiger charge is -2.35. The third-order valence-electron chi connectivity index (χ3n) is 5.98. The number of carbonyl (C=O) groups is 2. The molecule has 2 aromatic carbocycles. The first-order valence-electron chi connectivity index (χ1n) is 10.0. The number of nitrogens with one attached hydrogen (secondary N) is 1. The first kappa shape index (κ1) is 18.7. The highest BCUT2D eigenvalue weighted by Gasteiger charge is 2.37. The summed E-state index contributed by atoms with van der Waals surface area (Å²) in [5.41, 5.74) is 3.93. The van der Waals surface area contributed by atoms with Crippen molar-refractivity contribution < 1.29 is 14.7 Å². The number of benzene rings is 2. The van der Waals surface area contributed by atoms with E-state index in [1.807, 2.05) is 18.2 Å². The molecule has 0 aromatic heterocycles. The largest absolute Gasteiger partial charge is 0.480 e. The van der Waals surface area contributed by atoms with Gasteiger partial charge in [-0.1, -0.05) is 54.6 Å². The molecule has 0 bridgehead atoms. The normalized spacial score (nSPS) is 22.7. The van der Waals surface area contributed by atoms with Crippen LogP contribution >= 0.6 is 0 Å². The Hall–Kier alpha value is -2.66. The smallest absolute Gasteiger partial charge is 0.323 e. The van der Waals surface area contributed by atoms with Crippen LogP contribution in [0.4, 0.5) is 0 Å². The van der Waals surface area contributed by atoms with Crippen molar-refractivity contribution in [1.82, 2.24) is 10.2 Å². The van der Waals surface area contributed by atoms with Crippen LogP contribution in [0.3, 0.4) is 0 Å². The van der Waals surface area contributed by atoms with Gasteiger partial charge in [0.15, 0.2) is 0 Å². The zero-order chi connectivity index (χ0) is 19.5. The lowest BCUT2D eigenvalue weighted by Crippen LogP contribution is -2.43. The summed E-state index contributed by atoms with van der Waals surface area (Å²) in [6.45, 7) is 0.269. The maximum Gasteiger partial charge on any atom is 0.323 e. The first-order valence-corrected chi connectivity index (χ1v) is 10.0. The van der Waals surface area contributed by atoms with Crippen LogP contribution in [0.25, 0.3) is 0 Å². The van der Waals surface area contributed by atoms with E-state index in [-0.39, 0.29) is 24.5 Å². The number of hydrogen-bond acceptors (Lipinski definition) is 3. The maximum atomic E-state index is 12.7. The van der Waals surface area contributed by atoms with E-state index in [1.165, 1.54) is 21.6 Å². The van der Waals surface area contributed by atoms with Crippen molar-refractivity contribution in [3.05, 3.63) is 71.3 Å². The van der Waals surface area contributed by atoms with Crippen molar-refractivity contribution >= 4 is 11.9 Å². The number of hydrogen-bond donors (Lipinski definition) is 2. The van der Waals surface area contributed by atoms with Gasteiger partial charge in [-0.25, -0.2) is 0 Å². The van der Waals surface area contributed by atoms with Crippen molar-refractivity contribution in [3.63, 3.8) is 0 Å². The van der Waals surface area contributed by atoms with Crippen LogP contribution in [0.15, 0.2) is 54.6 Å². The molecule has 146 valence electrons. The molecule has 1 amide bonds. The second-order valence-electron chi connectivity index (χ2n) is 7.75. The van der Waals surface area contributed by atoms with E-state index < -0.39 is 5.97 Å². The summed E-state index contributed by atoms with van der Waals surface area (Å²) in [6.07, 6.45) is 3.95. The summed E-state index contributed by atoms with van der Waals surface area (Å²) in [5.74, 6) is -0.768. The quantitative estimate of drug-likeness (QED) is 0.810. The lowest BCUT2D eigenvalue weighted by molar-refractivity contribution is -0.143. The summed E-state index contributed by atoms with van der Waals surface area (Å²) < 4.78 is 0. The van der Waals surface area contributed by atoms with Gasteiger partial charge >= 0.3 is 5.97 Å². The Labute approximate surface area is 165 Å². The van der Waals surface area contributed by atoms with Crippen LogP contribution < -0.4 is 5.32 Å². The van der Waals surface area contributed by atoms with E-state index in [0.717, 1.165) is 19.3 Å². The molecule has 1 fully saturated rings. The molecule has 0 spiro atoms. The Bertz CT molecular complexity index is 852. The molecule has 5 nitrogen and oxygen atoms in total. The van der Waals surface area contributed by atoms with Gasteiger partial charge in [0.25, 0.3) is 0 Å². The fraction of sp³-hybridized carbons (Fsp3) is 0.391. The molecule has 4 rings (SSSR count). The SMILES string of the molecule is O=C(O)CN1CCC(NC(c2ccccc2)C2CCCc3ccccc32)C1=O. The van der Waals surface area contributed by atoms with Crippen molar-refractivity contribution in [3.8, 4) is 0 Å². The zero-order valence-corrected chi connectivity index (χ0v) is 15.9. The lowest BCUT2D eigenvalue weighted by atomic mass is 9.76. The molecule has 3 unspecified atom stereocenters. The van der Waals surface area contributed by atoms with Gasteiger partial charge in [-0.3, -0.25) is 14.9 Å². The highest BCUT2D eigenvalue weighted by atomic mass is 16.4. The van der Waals surface area contributed by atoms with Crippen LogP contribution in [0.2, 0.25) is 0 Å². The van der Waals surface area contributed by atoms with Gasteiger partial charge in [0.2, 0.25) is 5.91 Å². The number of carboxylic acid groups (broad SMARTS) is 1. The van der Waals surface area contributed by atoms with Crippen LogP contribution in [0.1, 0.15) is 47.9 Å². The highest BCUT2D eigenvalue weighted by Crippen LogP contribution is 2.41. The summed E-state index contributed by atoms with van der Waals surface area (Å²) in [6, 6.07) is 18.6. The molecule has 0 saturated carbocycles. The van der Waals surface area contributed by atoms with Gasteiger partial charge in [0.1, 0.15) is 6.54 Å². The minimum atomic E-state index is -0.963. The number of aliphatic carboxylic acids is 1. The van der Waals surface area contributed by atoms with Crippen molar-refractivity contribution in [2.45, 2.75) is 43.7 Å². The molecular weight excluding hydrogens is 352 g/mol. The Balaban J connectivity index is 1.62. The predicted molar refractivity (Wildman–Crippen MR) is 107 cm³/mol. The number of amides is 1. The standard InChI is InChI=1S/C23H26N2O3/c26-21(27)15-25-14-13-20(23(25)28)24-22(17-8-2-1-3-9-17)19-12-6-10-16-7-4-5-11-18(16)19/h1-5,7-9,11,19-20,22,24H,6,10,12-15H2,(H,26,27). The predicted octanol–water partition coefficient (Wildman–Crippen LogP) is 3.12. The van der Waals surface area contributed by atoms with Gasteiger partial charge in [-0.05, 0) is 42.4 Å². The second kappa shape index (κ2) is 8.15. The number of carbonyl (C=O) groups excluding carboxylic acids is 1. The first-order chi connectivity index (χ1) is 13.6. The number of likely N-dealkylation sites (tertiary alicyclic amines) is 1. The minimum absolute atomic E-state index is 0.0291. The van der Waals surface area contributed by atoms with Gasteiger partial charge < -0.3 is 10.0 Å². The molecule has 5 heteroatoms. The Morgan fingerprint density at radius 1 is 1.11 bits per heavy atom. The highest BCUT2D eigenvalue weighted by molar-refractivity contribution is 5.87. The summed E-state index contributed by atoms with van der Waals surface area (Å²) in [7, 11) is 0. The monoisotopic (exact) mass is 378 g/mol. The molecule has 0 radical (unpaired) electrons. The van der Waals surface area contributed by atoms with Crippen molar-refractivity contribution in [2.75, 3.05) is 13.1 Å². The fourth-order valence-corrected chi connectivity index (χ4v) is 4.67. The van der Waals surface area contributed by atoms with Gasteiger partial charge in [-0.15, -0.1) is 0 Å². The average molecular weight is 378 g/mol. The van der Waals surface area contributed by atoms with Crippen LogP contribution in [-0.4, -0.2) is 41.0 Å².